The lowest BCUT2D eigenvalue weighted by Crippen LogP contribution is -2.30. The van der Waals surface area contributed by atoms with Gasteiger partial charge < -0.3 is 10.4 Å². The molecule has 2 aromatic rings. The second kappa shape index (κ2) is 8.47. The van der Waals surface area contributed by atoms with Gasteiger partial charge in [-0.15, -0.1) is 10.2 Å². The normalized spacial score (nSPS) is 11.9. The molecule has 5 nitrogen and oxygen atoms in total. The number of aromatic nitrogens is 2. The molecule has 0 radical (unpaired) electrons. The van der Waals surface area contributed by atoms with Crippen molar-refractivity contribution in [3.05, 3.63) is 42.2 Å². The number of carboxylic acid groups (broad SMARTS) is 1. The third-order valence-corrected chi connectivity index (χ3v) is 4.11. The molecule has 7 heteroatoms. The molecule has 0 aliphatic rings. The first kappa shape index (κ1) is 17.2. The van der Waals surface area contributed by atoms with Crippen LogP contribution >= 0.6 is 11.8 Å². The number of halogens is 1. The number of anilines is 1. The van der Waals surface area contributed by atoms with Gasteiger partial charge in [0.15, 0.2) is 0 Å². The molecular weight excluding hydrogens is 317 g/mol. The monoisotopic (exact) mass is 335 g/mol. The smallest absolute Gasteiger partial charge is 0.326 e. The fourth-order valence-corrected chi connectivity index (χ4v) is 2.66. The molecule has 2 N–H and O–H groups in total. The van der Waals surface area contributed by atoms with E-state index in [0.717, 1.165) is 17.1 Å². The molecule has 2 rings (SSSR count). The molecule has 0 bridgehead atoms. The Bertz CT molecular complexity index is 635. The largest absolute Gasteiger partial charge is 0.480 e. The predicted molar refractivity (Wildman–Crippen MR) is 90.1 cm³/mol. The molecular formula is C16H18FN3O2S. The number of rotatable bonds is 8. The van der Waals surface area contributed by atoms with Crippen LogP contribution in [0.15, 0.2) is 36.4 Å². The number of nitrogens with zero attached hydrogens (tertiary/aromatic N) is 2. The second-order valence-electron chi connectivity index (χ2n) is 4.83. The minimum atomic E-state index is -0.911. The van der Waals surface area contributed by atoms with Crippen LogP contribution in [0.5, 0.6) is 0 Å². The average Bonchev–Trinajstić information content (AvgIpc) is 2.55. The Morgan fingerprint density at radius 1 is 1.26 bits per heavy atom. The van der Waals surface area contributed by atoms with Crippen molar-refractivity contribution in [2.45, 2.75) is 19.4 Å². The predicted octanol–water partition coefficient (Wildman–Crippen LogP) is 3.29. The quantitative estimate of drug-likeness (QED) is 0.721. The number of nitrogens with one attached hydrogen (secondary N) is 1. The van der Waals surface area contributed by atoms with E-state index in [2.05, 4.69) is 15.5 Å². The van der Waals surface area contributed by atoms with Gasteiger partial charge in [-0.05, 0) is 54.3 Å². The Balaban J connectivity index is 2.03. The number of hydrogen-bond donors (Lipinski definition) is 2. The number of hydrogen-bond acceptors (Lipinski definition) is 5. The highest BCUT2D eigenvalue weighted by Crippen LogP contribution is 2.18. The van der Waals surface area contributed by atoms with Gasteiger partial charge in [0.05, 0.1) is 5.69 Å². The van der Waals surface area contributed by atoms with Crippen molar-refractivity contribution in [1.82, 2.24) is 10.2 Å². The van der Waals surface area contributed by atoms with Crippen molar-refractivity contribution in [1.29, 1.82) is 0 Å². The van der Waals surface area contributed by atoms with E-state index < -0.39 is 12.0 Å². The topological polar surface area (TPSA) is 75.1 Å². The summed E-state index contributed by atoms with van der Waals surface area (Å²) >= 11 is 1.70. The molecule has 0 amide bonds. The zero-order valence-electron chi connectivity index (χ0n) is 12.7. The summed E-state index contributed by atoms with van der Waals surface area (Å²) in [4.78, 5) is 11.3. The molecule has 0 aliphatic carbocycles. The number of aliphatic carboxylic acids is 1. The first-order valence-corrected chi connectivity index (χ1v) is 8.42. The van der Waals surface area contributed by atoms with Crippen LogP contribution in [0.4, 0.5) is 10.2 Å². The van der Waals surface area contributed by atoms with Crippen molar-refractivity contribution in [2.75, 3.05) is 16.8 Å². The van der Waals surface area contributed by atoms with E-state index in [1.165, 1.54) is 12.1 Å². The van der Waals surface area contributed by atoms with E-state index in [1.807, 2.05) is 6.92 Å². The van der Waals surface area contributed by atoms with Gasteiger partial charge in [-0.2, -0.15) is 11.8 Å². The zero-order valence-corrected chi connectivity index (χ0v) is 13.5. The van der Waals surface area contributed by atoms with Crippen molar-refractivity contribution < 1.29 is 14.3 Å². The van der Waals surface area contributed by atoms with E-state index in [-0.39, 0.29) is 5.82 Å². The highest BCUT2D eigenvalue weighted by atomic mass is 32.2. The summed E-state index contributed by atoms with van der Waals surface area (Å²) in [6, 6.07) is 8.66. The Morgan fingerprint density at radius 2 is 2.00 bits per heavy atom. The lowest BCUT2D eigenvalue weighted by atomic mass is 10.1. The highest BCUT2D eigenvalue weighted by Gasteiger charge is 2.17. The van der Waals surface area contributed by atoms with Crippen molar-refractivity contribution in [3.63, 3.8) is 0 Å². The van der Waals surface area contributed by atoms with Gasteiger partial charge in [0.1, 0.15) is 17.7 Å². The number of carboxylic acids is 1. The molecule has 0 spiro atoms. The van der Waals surface area contributed by atoms with Gasteiger partial charge in [0.25, 0.3) is 0 Å². The fourth-order valence-electron chi connectivity index (χ4n) is 1.97. The summed E-state index contributed by atoms with van der Waals surface area (Å²) in [7, 11) is 0. The summed E-state index contributed by atoms with van der Waals surface area (Å²) in [5.41, 5.74) is 1.35. The fraction of sp³-hybridized carbons (Fsp3) is 0.312. The third kappa shape index (κ3) is 5.21. The van der Waals surface area contributed by atoms with E-state index in [0.29, 0.717) is 17.9 Å². The van der Waals surface area contributed by atoms with Gasteiger partial charge in [-0.1, -0.05) is 6.92 Å². The van der Waals surface area contributed by atoms with Crippen LogP contribution in [0.25, 0.3) is 11.3 Å². The molecule has 1 heterocycles. The zero-order chi connectivity index (χ0) is 16.7. The van der Waals surface area contributed by atoms with Crippen LogP contribution in [0.3, 0.4) is 0 Å². The van der Waals surface area contributed by atoms with Crippen molar-refractivity contribution >= 4 is 23.5 Å². The number of thioether (sulfide) groups is 1. The van der Waals surface area contributed by atoms with Crippen LogP contribution in [-0.2, 0) is 4.79 Å². The molecule has 0 saturated heterocycles. The van der Waals surface area contributed by atoms with Crippen LogP contribution < -0.4 is 5.32 Å². The summed E-state index contributed by atoms with van der Waals surface area (Å²) in [6.45, 7) is 2.04. The summed E-state index contributed by atoms with van der Waals surface area (Å²) in [6.07, 6.45) is 0.509. The summed E-state index contributed by atoms with van der Waals surface area (Å²) in [5, 5.41) is 20.2. The highest BCUT2D eigenvalue weighted by molar-refractivity contribution is 7.99. The molecule has 122 valence electrons. The maximum atomic E-state index is 12.9. The lowest BCUT2D eigenvalue weighted by Gasteiger charge is -2.14. The maximum absolute atomic E-state index is 12.9. The average molecular weight is 335 g/mol. The Kier molecular flexibility index (Phi) is 6.34. The maximum Gasteiger partial charge on any atom is 0.326 e. The third-order valence-electron chi connectivity index (χ3n) is 3.18. The molecule has 0 fully saturated rings. The van der Waals surface area contributed by atoms with Gasteiger partial charge in [-0.25, -0.2) is 9.18 Å². The Hall–Kier alpha value is -2.15. The first-order valence-electron chi connectivity index (χ1n) is 7.27. The van der Waals surface area contributed by atoms with E-state index in [1.54, 1.807) is 36.0 Å². The SMILES string of the molecule is CCSCCC(Nc1ccc(-c2ccc(F)cc2)nn1)C(=O)O. The van der Waals surface area contributed by atoms with Gasteiger partial charge >= 0.3 is 5.97 Å². The molecule has 1 atom stereocenters. The first-order chi connectivity index (χ1) is 11.1. The van der Waals surface area contributed by atoms with Crippen LogP contribution in [0, 0.1) is 5.82 Å². The van der Waals surface area contributed by atoms with E-state index in [4.69, 9.17) is 0 Å². The second-order valence-corrected chi connectivity index (χ2v) is 6.23. The summed E-state index contributed by atoms with van der Waals surface area (Å²) < 4.78 is 12.9. The van der Waals surface area contributed by atoms with Gasteiger partial charge in [0, 0.05) is 5.56 Å². The van der Waals surface area contributed by atoms with Crippen LogP contribution in [0.1, 0.15) is 13.3 Å². The molecule has 1 aromatic heterocycles. The molecule has 0 aliphatic heterocycles. The number of benzene rings is 1. The minimum absolute atomic E-state index is 0.311. The molecule has 1 aromatic carbocycles. The Morgan fingerprint density at radius 3 is 2.57 bits per heavy atom. The van der Waals surface area contributed by atoms with Crippen LogP contribution in [-0.4, -0.2) is 38.8 Å². The minimum Gasteiger partial charge on any atom is -0.480 e. The lowest BCUT2D eigenvalue weighted by molar-refractivity contribution is -0.137. The molecule has 0 saturated carbocycles. The summed E-state index contributed by atoms with van der Waals surface area (Å²) in [5.74, 6) is 0.908. The van der Waals surface area contributed by atoms with Gasteiger partial charge in [-0.3, -0.25) is 0 Å². The number of carbonyl (C=O) groups is 1. The van der Waals surface area contributed by atoms with Crippen molar-refractivity contribution in [2.24, 2.45) is 0 Å². The van der Waals surface area contributed by atoms with E-state index >= 15 is 0 Å². The van der Waals surface area contributed by atoms with E-state index in [9.17, 15) is 14.3 Å². The van der Waals surface area contributed by atoms with Crippen LogP contribution in [0.2, 0.25) is 0 Å². The standard InChI is InChI=1S/C16H18FN3O2S/c1-2-23-10-9-14(16(21)22)18-15-8-7-13(19-20-15)11-3-5-12(17)6-4-11/h3-8,14H,2,9-10H2,1H3,(H,18,20)(H,21,22). The Labute approximate surface area is 138 Å². The van der Waals surface area contributed by atoms with Gasteiger partial charge in [0.2, 0.25) is 0 Å². The molecule has 1 unspecified atom stereocenters. The molecule has 23 heavy (non-hydrogen) atoms. The van der Waals surface area contributed by atoms with Crippen molar-refractivity contribution in [3.8, 4) is 11.3 Å².